The summed E-state index contributed by atoms with van der Waals surface area (Å²) in [6.07, 6.45) is 4.28. The van der Waals surface area contributed by atoms with E-state index in [4.69, 9.17) is 9.47 Å². The molecule has 2 aromatic carbocycles. The van der Waals surface area contributed by atoms with Gasteiger partial charge in [-0.15, -0.1) is 13.2 Å². The zero-order valence-electron chi connectivity index (χ0n) is 17.7. The lowest BCUT2D eigenvalue weighted by Gasteiger charge is -2.33. The zero-order chi connectivity index (χ0) is 20.8. The standard InChI is InChI=1S/C22H27N3O2.C2H4/c1-16-12-18(26-2)13-22(27-3)19(16)14-24-10-8-17(9-11-24)25-15-23-20-6-4-5-7-21(20)25;1-2/h4-7,12-13,15,17H,8-11,14H2,1-3H3;1-2H2. The molecule has 4 rings (SSSR count). The average Bonchev–Trinajstić information content (AvgIpc) is 3.21. The zero-order valence-corrected chi connectivity index (χ0v) is 17.7. The van der Waals surface area contributed by atoms with E-state index in [0.717, 1.165) is 49.5 Å². The van der Waals surface area contributed by atoms with Crippen molar-refractivity contribution in [3.8, 4) is 11.5 Å². The van der Waals surface area contributed by atoms with Crippen LogP contribution in [0.2, 0.25) is 0 Å². The lowest BCUT2D eigenvalue weighted by atomic mass is 10.0. The van der Waals surface area contributed by atoms with Gasteiger partial charge in [-0.2, -0.15) is 0 Å². The van der Waals surface area contributed by atoms with E-state index >= 15 is 0 Å². The number of imidazole rings is 1. The molecule has 154 valence electrons. The molecule has 5 nitrogen and oxygen atoms in total. The van der Waals surface area contributed by atoms with Gasteiger partial charge in [-0.25, -0.2) is 4.98 Å². The first kappa shape index (κ1) is 20.9. The van der Waals surface area contributed by atoms with Gasteiger partial charge in [0, 0.05) is 37.3 Å². The van der Waals surface area contributed by atoms with Crippen LogP contribution in [0.5, 0.6) is 11.5 Å². The van der Waals surface area contributed by atoms with Crippen LogP contribution in [0.15, 0.2) is 55.9 Å². The van der Waals surface area contributed by atoms with E-state index in [1.165, 1.54) is 16.6 Å². The van der Waals surface area contributed by atoms with E-state index < -0.39 is 0 Å². The molecule has 0 bridgehead atoms. The first-order chi connectivity index (χ1) is 14.2. The third-order valence-corrected chi connectivity index (χ3v) is 5.67. The van der Waals surface area contributed by atoms with Crippen molar-refractivity contribution in [3.63, 3.8) is 0 Å². The number of likely N-dealkylation sites (tertiary alicyclic amines) is 1. The summed E-state index contributed by atoms with van der Waals surface area (Å²) in [4.78, 5) is 7.07. The minimum atomic E-state index is 0.521. The number of piperidine rings is 1. The highest BCUT2D eigenvalue weighted by Crippen LogP contribution is 2.32. The van der Waals surface area contributed by atoms with Crippen molar-refractivity contribution in [1.82, 2.24) is 14.5 Å². The van der Waals surface area contributed by atoms with Crippen LogP contribution in [0, 0.1) is 6.92 Å². The van der Waals surface area contributed by atoms with E-state index in [2.05, 4.69) is 58.8 Å². The predicted molar refractivity (Wildman–Crippen MR) is 119 cm³/mol. The number of aryl methyl sites for hydroxylation is 1. The summed E-state index contributed by atoms with van der Waals surface area (Å²) in [6.45, 7) is 11.2. The van der Waals surface area contributed by atoms with Gasteiger partial charge in [0.15, 0.2) is 0 Å². The third-order valence-electron chi connectivity index (χ3n) is 5.67. The van der Waals surface area contributed by atoms with E-state index in [-0.39, 0.29) is 0 Å². The minimum absolute atomic E-state index is 0.521. The number of para-hydroxylation sites is 2. The molecule has 1 aromatic heterocycles. The van der Waals surface area contributed by atoms with Crippen LogP contribution in [-0.2, 0) is 6.54 Å². The van der Waals surface area contributed by atoms with Crippen LogP contribution in [0.25, 0.3) is 11.0 Å². The van der Waals surface area contributed by atoms with E-state index in [0.29, 0.717) is 6.04 Å². The fourth-order valence-corrected chi connectivity index (χ4v) is 4.10. The van der Waals surface area contributed by atoms with Gasteiger partial charge in [0.1, 0.15) is 11.5 Å². The minimum Gasteiger partial charge on any atom is -0.497 e. The number of benzene rings is 2. The third kappa shape index (κ3) is 4.46. The molecule has 0 unspecified atom stereocenters. The summed E-state index contributed by atoms with van der Waals surface area (Å²) in [5.74, 6) is 1.76. The van der Waals surface area contributed by atoms with Gasteiger partial charge in [-0.05, 0) is 43.5 Å². The quantitative estimate of drug-likeness (QED) is 0.572. The number of rotatable bonds is 5. The molecule has 2 heterocycles. The maximum absolute atomic E-state index is 5.62. The molecule has 1 aliphatic heterocycles. The molecule has 1 saturated heterocycles. The molecule has 0 saturated carbocycles. The first-order valence-corrected chi connectivity index (χ1v) is 10.0. The van der Waals surface area contributed by atoms with Gasteiger partial charge in [0.25, 0.3) is 0 Å². The number of aromatic nitrogens is 2. The summed E-state index contributed by atoms with van der Waals surface area (Å²) in [5.41, 5.74) is 4.79. The molecule has 29 heavy (non-hydrogen) atoms. The lowest BCUT2D eigenvalue weighted by Crippen LogP contribution is -2.34. The van der Waals surface area contributed by atoms with E-state index in [1.54, 1.807) is 14.2 Å². The van der Waals surface area contributed by atoms with Gasteiger partial charge in [0.05, 0.1) is 31.6 Å². The van der Waals surface area contributed by atoms with Crippen LogP contribution in [0.4, 0.5) is 0 Å². The topological polar surface area (TPSA) is 39.5 Å². The molecule has 1 aliphatic rings. The summed E-state index contributed by atoms with van der Waals surface area (Å²) < 4.78 is 13.3. The Morgan fingerprint density at radius 2 is 1.79 bits per heavy atom. The molecular formula is C24H31N3O2. The Morgan fingerprint density at radius 1 is 1.07 bits per heavy atom. The second kappa shape index (κ2) is 9.61. The van der Waals surface area contributed by atoms with Gasteiger partial charge < -0.3 is 14.0 Å². The maximum Gasteiger partial charge on any atom is 0.127 e. The molecule has 0 amide bonds. The van der Waals surface area contributed by atoms with E-state index in [9.17, 15) is 0 Å². The Balaban J connectivity index is 0.00000117. The van der Waals surface area contributed by atoms with Crippen molar-refractivity contribution >= 4 is 11.0 Å². The Kier molecular flexibility index (Phi) is 6.94. The smallest absolute Gasteiger partial charge is 0.127 e. The van der Waals surface area contributed by atoms with Crippen molar-refractivity contribution in [1.29, 1.82) is 0 Å². The molecule has 0 spiro atoms. The van der Waals surface area contributed by atoms with Gasteiger partial charge in [-0.1, -0.05) is 12.1 Å². The summed E-state index contributed by atoms with van der Waals surface area (Å²) in [5, 5.41) is 0. The fraction of sp³-hybridized carbons (Fsp3) is 0.375. The predicted octanol–water partition coefficient (Wildman–Crippen LogP) is 5.00. The molecule has 5 heteroatoms. The van der Waals surface area contributed by atoms with Crippen LogP contribution in [0.1, 0.15) is 30.0 Å². The Hall–Kier alpha value is -2.79. The van der Waals surface area contributed by atoms with Crippen molar-refractivity contribution in [2.24, 2.45) is 0 Å². The van der Waals surface area contributed by atoms with Crippen LogP contribution < -0.4 is 9.47 Å². The first-order valence-electron chi connectivity index (χ1n) is 10.0. The number of fused-ring (bicyclic) bond motifs is 1. The molecule has 0 N–H and O–H groups in total. The van der Waals surface area contributed by atoms with Gasteiger partial charge in [-0.3, -0.25) is 4.90 Å². The van der Waals surface area contributed by atoms with Crippen molar-refractivity contribution in [3.05, 3.63) is 67.0 Å². The highest BCUT2D eigenvalue weighted by atomic mass is 16.5. The fourth-order valence-electron chi connectivity index (χ4n) is 4.10. The van der Waals surface area contributed by atoms with Crippen molar-refractivity contribution in [2.45, 2.75) is 32.4 Å². The molecule has 3 aromatic rings. The van der Waals surface area contributed by atoms with E-state index in [1.807, 2.05) is 18.5 Å². The largest absolute Gasteiger partial charge is 0.497 e. The number of nitrogens with zero attached hydrogens (tertiary/aromatic N) is 3. The maximum atomic E-state index is 5.62. The highest BCUT2D eigenvalue weighted by Gasteiger charge is 2.23. The number of ether oxygens (including phenoxy) is 2. The molecule has 0 aliphatic carbocycles. The van der Waals surface area contributed by atoms with Crippen molar-refractivity contribution in [2.75, 3.05) is 27.3 Å². The monoisotopic (exact) mass is 393 g/mol. The van der Waals surface area contributed by atoms with Crippen LogP contribution in [-0.4, -0.2) is 41.8 Å². The SMILES string of the molecule is C=C.COc1cc(C)c(CN2CCC(n3cnc4ccccc43)CC2)c(OC)c1. The lowest BCUT2D eigenvalue weighted by molar-refractivity contribution is 0.179. The normalized spacial score (nSPS) is 15.0. The highest BCUT2D eigenvalue weighted by molar-refractivity contribution is 5.75. The number of hydrogen-bond acceptors (Lipinski definition) is 4. The second-order valence-electron chi connectivity index (χ2n) is 7.27. The van der Waals surface area contributed by atoms with Crippen molar-refractivity contribution < 1.29 is 9.47 Å². The molecule has 1 fully saturated rings. The molecule has 0 radical (unpaired) electrons. The van der Waals surface area contributed by atoms with Gasteiger partial charge >= 0.3 is 0 Å². The number of methoxy groups -OCH3 is 2. The van der Waals surface area contributed by atoms with Crippen LogP contribution >= 0.6 is 0 Å². The Morgan fingerprint density at radius 3 is 2.48 bits per heavy atom. The summed E-state index contributed by atoms with van der Waals surface area (Å²) >= 11 is 0. The molecular weight excluding hydrogens is 362 g/mol. The van der Waals surface area contributed by atoms with Gasteiger partial charge in [0.2, 0.25) is 0 Å². The average molecular weight is 394 g/mol. The number of hydrogen-bond donors (Lipinski definition) is 0. The summed E-state index contributed by atoms with van der Waals surface area (Å²) in [7, 11) is 3.42. The Labute approximate surface area is 173 Å². The summed E-state index contributed by atoms with van der Waals surface area (Å²) in [6, 6.07) is 13.0. The molecule has 0 atom stereocenters. The van der Waals surface area contributed by atoms with Crippen LogP contribution in [0.3, 0.4) is 0 Å². The Bertz CT molecular complexity index is 942. The second-order valence-corrected chi connectivity index (χ2v) is 7.27.